The van der Waals surface area contributed by atoms with E-state index in [-0.39, 0.29) is 0 Å². The average Bonchev–Trinajstić information content (AvgIpc) is 2.79. The third kappa shape index (κ3) is 3.59. The van der Waals surface area contributed by atoms with Crippen LogP contribution in [0.15, 0.2) is 18.5 Å². The lowest BCUT2D eigenvalue weighted by Crippen LogP contribution is -2.45. The number of rotatable bonds is 5. The summed E-state index contributed by atoms with van der Waals surface area (Å²) in [6.45, 7) is 7.90. The van der Waals surface area contributed by atoms with Gasteiger partial charge in [0.1, 0.15) is 0 Å². The van der Waals surface area contributed by atoms with Crippen molar-refractivity contribution in [2.75, 3.05) is 13.6 Å². The zero-order valence-electron chi connectivity index (χ0n) is 12.0. The molecule has 1 aliphatic heterocycles. The van der Waals surface area contributed by atoms with Crippen LogP contribution in [0, 0.1) is 0 Å². The highest BCUT2D eigenvalue weighted by Crippen LogP contribution is 2.15. The van der Waals surface area contributed by atoms with Crippen LogP contribution in [-0.2, 0) is 13.1 Å². The van der Waals surface area contributed by atoms with Gasteiger partial charge in [-0.2, -0.15) is 0 Å². The van der Waals surface area contributed by atoms with Gasteiger partial charge in [0.15, 0.2) is 0 Å². The molecule has 1 saturated heterocycles. The summed E-state index contributed by atoms with van der Waals surface area (Å²) >= 11 is 0. The van der Waals surface area contributed by atoms with Crippen LogP contribution in [0.25, 0.3) is 0 Å². The van der Waals surface area contributed by atoms with E-state index in [1.165, 1.54) is 31.4 Å². The molecule has 1 aromatic rings. The fourth-order valence-corrected chi connectivity index (χ4v) is 2.73. The second-order valence-electron chi connectivity index (χ2n) is 5.69. The van der Waals surface area contributed by atoms with Gasteiger partial charge in [-0.05, 0) is 51.4 Å². The monoisotopic (exact) mass is 249 g/mol. The molecule has 102 valence electrons. The van der Waals surface area contributed by atoms with Gasteiger partial charge in [0.25, 0.3) is 0 Å². The van der Waals surface area contributed by atoms with Gasteiger partial charge >= 0.3 is 0 Å². The summed E-state index contributed by atoms with van der Waals surface area (Å²) in [6, 6.07) is 3.63. The SMILES string of the molecule is CCCn1ccc(CNC2CCN(C)C(C)C2)c1. The number of hydrogen-bond donors (Lipinski definition) is 1. The van der Waals surface area contributed by atoms with Gasteiger partial charge in [-0.15, -0.1) is 0 Å². The molecule has 2 heterocycles. The molecule has 0 saturated carbocycles. The van der Waals surface area contributed by atoms with Crippen LogP contribution >= 0.6 is 0 Å². The number of piperidine rings is 1. The number of likely N-dealkylation sites (tertiary alicyclic amines) is 1. The molecule has 3 nitrogen and oxygen atoms in total. The lowest BCUT2D eigenvalue weighted by molar-refractivity contribution is 0.168. The predicted octanol–water partition coefficient (Wildman–Crippen LogP) is 2.47. The van der Waals surface area contributed by atoms with Crippen LogP contribution in [0.3, 0.4) is 0 Å². The average molecular weight is 249 g/mol. The summed E-state index contributed by atoms with van der Waals surface area (Å²) in [6.07, 6.45) is 8.21. The van der Waals surface area contributed by atoms with Crippen LogP contribution in [0.2, 0.25) is 0 Å². The highest BCUT2D eigenvalue weighted by Gasteiger charge is 2.21. The first-order chi connectivity index (χ1) is 8.69. The Morgan fingerprint density at radius 3 is 3.00 bits per heavy atom. The number of aryl methyl sites for hydroxylation is 1. The Bertz CT molecular complexity index is 358. The van der Waals surface area contributed by atoms with E-state index in [2.05, 4.69) is 54.1 Å². The van der Waals surface area contributed by atoms with Crippen molar-refractivity contribution in [3.05, 3.63) is 24.0 Å². The maximum absolute atomic E-state index is 3.70. The van der Waals surface area contributed by atoms with E-state index in [9.17, 15) is 0 Å². The van der Waals surface area contributed by atoms with Crippen molar-refractivity contribution >= 4 is 0 Å². The van der Waals surface area contributed by atoms with Crippen LogP contribution in [-0.4, -0.2) is 35.1 Å². The molecule has 1 N–H and O–H groups in total. The smallest absolute Gasteiger partial charge is 0.0223 e. The molecule has 1 aliphatic rings. The van der Waals surface area contributed by atoms with Crippen LogP contribution < -0.4 is 5.32 Å². The molecule has 0 aromatic carbocycles. The summed E-state index contributed by atoms with van der Waals surface area (Å²) in [7, 11) is 2.23. The Hall–Kier alpha value is -0.800. The molecule has 0 spiro atoms. The molecular formula is C15H27N3. The van der Waals surface area contributed by atoms with Crippen molar-refractivity contribution in [2.45, 2.75) is 58.3 Å². The number of aromatic nitrogens is 1. The predicted molar refractivity (Wildman–Crippen MR) is 76.7 cm³/mol. The van der Waals surface area contributed by atoms with Crippen molar-refractivity contribution in [1.82, 2.24) is 14.8 Å². The van der Waals surface area contributed by atoms with E-state index in [4.69, 9.17) is 0 Å². The van der Waals surface area contributed by atoms with Crippen LogP contribution in [0.1, 0.15) is 38.7 Å². The molecule has 1 aromatic heterocycles. The van der Waals surface area contributed by atoms with Crippen molar-refractivity contribution in [3.8, 4) is 0 Å². The molecule has 0 radical (unpaired) electrons. The number of hydrogen-bond acceptors (Lipinski definition) is 2. The van der Waals surface area contributed by atoms with Gasteiger partial charge in [-0.25, -0.2) is 0 Å². The highest BCUT2D eigenvalue weighted by molar-refractivity contribution is 5.10. The van der Waals surface area contributed by atoms with E-state index in [0.717, 1.165) is 13.1 Å². The Labute approximate surface area is 111 Å². The standard InChI is InChI=1S/C15H27N3/c1-4-7-18-9-5-14(12-18)11-16-15-6-8-17(3)13(2)10-15/h5,9,12-13,15-16H,4,6-8,10-11H2,1-3H3. The van der Waals surface area contributed by atoms with E-state index in [1.54, 1.807) is 0 Å². The zero-order chi connectivity index (χ0) is 13.0. The van der Waals surface area contributed by atoms with Gasteiger partial charge in [0.05, 0.1) is 0 Å². The fourth-order valence-electron chi connectivity index (χ4n) is 2.73. The van der Waals surface area contributed by atoms with Crippen molar-refractivity contribution in [2.24, 2.45) is 0 Å². The molecule has 0 bridgehead atoms. The van der Waals surface area contributed by atoms with Crippen LogP contribution in [0.5, 0.6) is 0 Å². The molecule has 0 amide bonds. The second kappa shape index (κ2) is 6.39. The molecule has 2 atom stereocenters. The lowest BCUT2D eigenvalue weighted by Gasteiger charge is -2.35. The minimum atomic E-state index is 0.686. The summed E-state index contributed by atoms with van der Waals surface area (Å²) < 4.78 is 2.29. The molecule has 18 heavy (non-hydrogen) atoms. The van der Waals surface area contributed by atoms with Crippen molar-refractivity contribution in [3.63, 3.8) is 0 Å². The topological polar surface area (TPSA) is 20.2 Å². The van der Waals surface area contributed by atoms with E-state index in [0.29, 0.717) is 12.1 Å². The molecule has 1 fully saturated rings. The Balaban J connectivity index is 1.77. The summed E-state index contributed by atoms with van der Waals surface area (Å²) in [4.78, 5) is 2.45. The first-order valence-electron chi connectivity index (χ1n) is 7.27. The minimum absolute atomic E-state index is 0.686. The normalized spacial score (nSPS) is 25.5. The number of nitrogens with one attached hydrogen (secondary N) is 1. The van der Waals surface area contributed by atoms with Gasteiger partial charge in [-0.1, -0.05) is 6.92 Å². The summed E-state index contributed by atoms with van der Waals surface area (Å²) in [5.41, 5.74) is 1.41. The van der Waals surface area contributed by atoms with E-state index in [1.807, 2.05) is 0 Å². The van der Waals surface area contributed by atoms with Gasteiger partial charge in [-0.3, -0.25) is 0 Å². The molecule has 2 rings (SSSR count). The summed E-state index contributed by atoms with van der Waals surface area (Å²) in [5, 5.41) is 3.70. The van der Waals surface area contributed by atoms with Gasteiger partial charge in [0.2, 0.25) is 0 Å². The number of nitrogens with zero attached hydrogens (tertiary/aromatic N) is 2. The van der Waals surface area contributed by atoms with E-state index >= 15 is 0 Å². The second-order valence-corrected chi connectivity index (χ2v) is 5.69. The molecule has 2 unspecified atom stereocenters. The minimum Gasteiger partial charge on any atom is -0.354 e. The van der Waals surface area contributed by atoms with Gasteiger partial charge < -0.3 is 14.8 Å². The Morgan fingerprint density at radius 1 is 1.44 bits per heavy atom. The Morgan fingerprint density at radius 2 is 2.28 bits per heavy atom. The van der Waals surface area contributed by atoms with Gasteiger partial charge in [0, 0.05) is 37.6 Å². The van der Waals surface area contributed by atoms with Crippen molar-refractivity contribution < 1.29 is 0 Å². The quantitative estimate of drug-likeness (QED) is 0.865. The maximum atomic E-state index is 3.70. The maximum Gasteiger partial charge on any atom is 0.0223 e. The van der Waals surface area contributed by atoms with Crippen molar-refractivity contribution in [1.29, 1.82) is 0 Å². The Kier molecular flexibility index (Phi) is 4.84. The molecular weight excluding hydrogens is 222 g/mol. The lowest BCUT2D eigenvalue weighted by atomic mass is 9.99. The van der Waals surface area contributed by atoms with E-state index < -0.39 is 0 Å². The first-order valence-corrected chi connectivity index (χ1v) is 7.27. The first kappa shape index (κ1) is 13.6. The third-order valence-corrected chi connectivity index (χ3v) is 4.10. The fraction of sp³-hybridized carbons (Fsp3) is 0.733. The molecule has 3 heteroatoms. The molecule has 0 aliphatic carbocycles. The highest BCUT2D eigenvalue weighted by atomic mass is 15.1. The zero-order valence-corrected chi connectivity index (χ0v) is 12.0. The largest absolute Gasteiger partial charge is 0.354 e. The third-order valence-electron chi connectivity index (χ3n) is 4.10. The summed E-state index contributed by atoms with van der Waals surface area (Å²) in [5.74, 6) is 0. The van der Waals surface area contributed by atoms with Crippen LogP contribution in [0.4, 0.5) is 0 Å².